The number of benzene rings is 2. The minimum Gasteiger partial charge on any atom is -0.495 e. The van der Waals surface area contributed by atoms with Crippen molar-refractivity contribution in [3.05, 3.63) is 76.2 Å². The molecule has 1 saturated heterocycles. The molecule has 5 rings (SSSR count). The van der Waals surface area contributed by atoms with E-state index in [1.807, 2.05) is 66.4 Å². The van der Waals surface area contributed by atoms with E-state index < -0.39 is 0 Å². The van der Waals surface area contributed by atoms with Gasteiger partial charge >= 0.3 is 0 Å². The smallest absolute Gasteiger partial charge is 0.263 e. The molecular formula is C26H26N4O3S. The fourth-order valence-electron chi connectivity index (χ4n) is 4.54. The van der Waals surface area contributed by atoms with Crippen LogP contribution in [-0.4, -0.2) is 53.6 Å². The van der Waals surface area contributed by atoms with Crippen molar-refractivity contribution < 1.29 is 9.53 Å². The molecule has 0 radical (unpaired) electrons. The van der Waals surface area contributed by atoms with Gasteiger partial charge in [0.15, 0.2) is 0 Å². The average Bonchev–Trinajstić information content (AvgIpc) is 3.23. The topological polar surface area (TPSA) is 67.7 Å². The highest BCUT2D eigenvalue weighted by Crippen LogP contribution is 2.35. The quantitative estimate of drug-likeness (QED) is 0.440. The maximum absolute atomic E-state index is 13.4. The van der Waals surface area contributed by atoms with Crippen LogP contribution in [0.2, 0.25) is 0 Å². The number of nitrogens with zero attached hydrogens (tertiary/aromatic N) is 4. The molecule has 3 heterocycles. The second kappa shape index (κ2) is 9.30. The van der Waals surface area contributed by atoms with Crippen molar-refractivity contribution in [3.8, 4) is 16.9 Å². The number of piperazine rings is 1. The van der Waals surface area contributed by atoms with Crippen LogP contribution in [0.1, 0.15) is 4.88 Å². The number of methoxy groups -OCH3 is 1. The standard InChI is InChI=1S/C26H26N4O3S/c1-18-23(19-8-4-3-5-9-19)24-25(34-18)27-17-30(26(24)32)16-22(31)29-14-12-28(13-15-29)20-10-6-7-11-21(20)33-2/h3-11,17H,12-16H2,1-2H3. The number of aromatic nitrogens is 2. The van der Waals surface area contributed by atoms with Gasteiger partial charge in [-0.1, -0.05) is 42.5 Å². The van der Waals surface area contributed by atoms with E-state index in [1.54, 1.807) is 7.11 Å². The number of ether oxygens (including phenoxy) is 1. The van der Waals surface area contributed by atoms with Gasteiger partial charge in [0.1, 0.15) is 17.1 Å². The second-order valence-corrected chi connectivity index (χ2v) is 9.50. The van der Waals surface area contributed by atoms with E-state index in [9.17, 15) is 9.59 Å². The number of carbonyl (C=O) groups excluding carboxylic acids is 1. The van der Waals surface area contributed by atoms with Crippen LogP contribution in [0.4, 0.5) is 5.69 Å². The largest absolute Gasteiger partial charge is 0.495 e. The van der Waals surface area contributed by atoms with Gasteiger partial charge in [0.05, 0.1) is 24.5 Å². The van der Waals surface area contributed by atoms with Gasteiger partial charge in [0.25, 0.3) is 5.56 Å². The molecule has 0 unspecified atom stereocenters. The Bertz CT molecular complexity index is 1390. The van der Waals surface area contributed by atoms with E-state index in [-0.39, 0.29) is 18.0 Å². The molecule has 1 aliphatic rings. The molecule has 4 aromatic rings. The van der Waals surface area contributed by atoms with Crippen LogP contribution in [0.15, 0.2) is 65.7 Å². The normalized spacial score (nSPS) is 13.9. The lowest BCUT2D eigenvalue weighted by Gasteiger charge is -2.36. The Morgan fingerprint density at radius 3 is 2.47 bits per heavy atom. The molecule has 0 N–H and O–H groups in total. The first kappa shape index (κ1) is 22.2. The molecular weight excluding hydrogens is 448 g/mol. The predicted octanol–water partition coefficient (Wildman–Crippen LogP) is 3.79. The molecule has 2 aromatic carbocycles. The van der Waals surface area contributed by atoms with Gasteiger partial charge in [0.2, 0.25) is 5.91 Å². The predicted molar refractivity (Wildman–Crippen MR) is 136 cm³/mol. The second-order valence-electron chi connectivity index (χ2n) is 8.30. The van der Waals surface area contributed by atoms with Crippen molar-refractivity contribution in [2.45, 2.75) is 13.5 Å². The Kier molecular flexibility index (Phi) is 6.06. The molecule has 1 fully saturated rings. The van der Waals surface area contributed by atoms with E-state index in [0.717, 1.165) is 27.4 Å². The Labute approximate surface area is 201 Å². The first-order chi connectivity index (χ1) is 16.6. The number of rotatable bonds is 5. The highest BCUT2D eigenvalue weighted by atomic mass is 32.1. The van der Waals surface area contributed by atoms with Crippen LogP contribution in [-0.2, 0) is 11.3 Å². The lowest BCUT2D eigenvalue weighted by Crippen LogP contribution is -2.50. The molecule has 0 aliphatic carbocycles. The Hall–Kier alpha value is -3.65. The number of carbonyl (C=O) groups is 1. The number of para-hydroxylation sites is 2. The van der Waals surface area contributed by atoms with Crippen molar-refractivity contribution in [1.82, 2.24) is 14.5 Å². The third kappa shape index (κ3) is 4.05. The first-order valence-corrected chi connectivity index (χ1v) is 12.1. The number of anilines is 1. The van der Waals surface area contributed by atoms with Crippen LogP contribution in [0.25, 0.3) is 21.3 Å². The number of aryl methyl sites for hydroxylation is 1. The summed E-state index contributed by atoms with van der Waals surface area (Å²) in [6.45, 7) is 4.59. The van der Waals surface area contributed by atoms with Crippen molar-refractivity contribution in [3.63, 3.8) is 0 Å². The van der Waals surface area contributed by atoms with Crippen molar-refractivity contribution in [2.24, 2.45) is 0 Å². The van der Waals surface area contributed by atoms with Crippen molar-refractivity contribution in [2.75, 3.05) is 38.2 Å². The molecule has 1 aliphatic heterocycles. The highest BCUT2D eigenvalue weighted by molar-refractivity contribution is 7.19. The average molecular weight is 475 g/mol. The third-order valence-corrected chi connectivity index (χ3v) is 7.29. The zero-order chi connectivity index (χ0) is 23.7. The summed E-state index contributed by atoms with van der Waals surface area (Å²) in [5, 5.41) is 0.588. The van der Waals surface area contributed by atoms with Crippen molar-refractivity contribution in [1.29, 1.82) is 0 Å². The van der Waals surface area contributed by atoms with E-state index >= 15 is 0 Å². The van der Waals surface area contributed by atoms with Gasteiger partial charge in [-0.15, -0.1) is 11.3 Å². The number of fused-ring (bicyclic) bond motifs is 1. The van der Waals surface area contributed by atoms with Gasteiger partial charge in [-0.05, 0) is 24.6 Å². The summed E-state index contributed by atoms with van der Waals surface area (Å²) in [5.74, 6) is 0.754. The summed E-state index contributed by atoms with van der Waals surface area (Å²) >= 11 is 1.51. The zero-order valence-corrected chi connectivity index (χ0v) is 20.0. The fourth-order valence-corrected chi connectivity index (χ4v) is 5.54. The Morgan fingerprint density at radius 1 is 1.03 bits per heavy atom. The number of hydrogen-bond donors (Lipinski definition) is 0. The van der Waals surface area contributed by atoms with E-state index in [1.165, 1.54) is 22.2 Å². The van der Waals surface area contributed by atoms with E-state index in [4.69, 9.17) is 4.74 Å². The minimum atomic E-state index is -0.172. The molecule has 34 heavy (non-hydrogen) atoms. The molecule has 1 amide bonds. The zero-order valence-electron chi connectivity index (χ0n) is 19.2. The van der Waals surface area contributed by atoms with Crippen molar-refractivity contribution >= 4 is 33.1 Å². The summed E-state index contributed by atoms with van der Waals surface area (Å²) in [4.78, 5) is 36.8. The summed E-state index contributed by atoms with van der Waals surface area (Å²) in [7, 11) is 1.67. The Morgan fingerprint density at radius 2 is 1.74 bits per heavy atom. The van der Waals surface area contributed by atoms with Gasteiger partial charge in [-0.2, -0.15) is 0 Å². The maximum Gasteiger partial charge on any atom is 0.263 e. The molecule has 7 nitrogen and oxygen atoms in total. The summed E-state index contributed by atoms with van der Waals surface area (Å²) in [6, 6.07) is 17.8. The molecule has 0 saturated carbocycles. The van der Waals surface area contributed by atoms with Crippen LogP contribution in [0, 0.1) is 6.92 Å². The van der Waals surface area contributed by atoms with Gasteiger partial charge in [-0.3, -0.25) is 14.2 Å². The molecule has 0 spiro atoms. The molecule has 8 heteroatoms. The minimum absolute atomic E-state index is 0.0143. The maximum atomic E-state index is 13.4. The first-order valence-electron chi connectivity index (χ1n) is 11.3. The molecule has 2 aromatic heterocycles. The lowest BCUT2D eigenvalue weighted by atomic mass is 10.0. The van der Waals surface area contributed by atoms with Crippen LogP contribution < -0.4 is 15.2 Å². The summed E-state index contributed by atoms with van der Waals surface area (Å²) in [5.41, 5.74) is 2.76. The van der Waals surface area contributed by atoms with Crippen LogP contribution >= 0.6 is 11.3 Å². The fraction of sp³-hybridized carbons (Fsp3) is 0.269. The van der Waals surface area contributed by atoms with Gasteiger partial charge in [0, 0.05) is 36.6 Å². The lowest BCUT2D eigenvalue weighted by molar-refractivity contribution is -0.132. The van der Waals surface area contributed by atoms with Gasteiger partial charge in [-0.25, -0.2) is 4.98 Å². The summed E-state index contributed by atoms with van der Waals surface area (Å²) in [6.07, 6.45) is 1.50. The number of amides is 1. The summed E-state index contributed by atoms with van der Waals surface area (Å²) < 4.78 is 6.92. The van der Waals surface area contributed by atoms with E-state index in [2.05, 4.69) is 9.88 Å². The van der Waals surface area contributed by atoms with Crippen LogP contribution in [0.3, 0.4) is 0 Å². The number of hydrogen-bond acceptors (Lipinski definition) is 6. The molecule has 0 bridgehead atoms. The van der Waals surface area contributed by atoms with Gasteiger partial charge < -0.3 is 14.5 Å². The molecule has 174 valence electrons. The number of thiophene rings is 1. The highest BCUT2D eigenvalue weighted by Gasteiger charge is 2.24. The van der Waals surface area contributed by atoms with Crippen LogP contribution in [0.5, 0.6) is 5.75 Å². The monoisotopic (exact) mass is 474 g/mol. The van der Waals surface area contributed by atoms with E-state index in [0.29, 0.717) is 36.4 Å². The Balaban J connectivity index is 1.35. The molecule has 0 atom stereocenters. The SMILES string of the molecule is COc1ccccc1N1CCN(C(=O)Cn2cnc3sc(C)c(-c4ccccc4)c3c2=O)CC1. The third-order valence-electron chi connectivity index (χ3n) is 6.28.